The molecule has 0 N–H and O–H groups in total. The van der Waals surface area contributed by atoms with Gasteiger partial charge in [-0.1, -0.05) is 42.5 Å². The van der Waals surface area contributed by atoms with E-state index in [1.54, 1.807) is 12.1 Å². The van der Waals surface area contributed by atoms with E-state index in [-0.39, 0.29) is 17.2 Å². The van der Waals surface area contributed by atoms with Gasteiger partial charge in [-0.25, -0.2) is 0 Å². The SMILES string of the molecule is O=C1CC2(CCN(C(=O)c3ccco3)CC2)CN1C/C=C/c1ccccc1. The van der Waals surface area contributed by atoms with Gasteiger partial charge < -0.3 is 14.2 Å². The van der Waals surface area contributed by atoms with E-state index >= 15 is 0 Å². The first kappa shape index (κ1) is 17.6. The molecule has 2 fully saturated rings. The van der Waals surface area contributed by atoms with Crippen LogP contribution in [0.15, 0.2) is 59.2 Å². The van der Waals surface area contributed by atoms with E-state index in [2.05, 4.69) is 24.3 Å². The minimum Gasteiger partial charge on any atom is -0.459 e. The van der Waals surface area contributed by atoms with Gasteiger partial charge in [-0.05, 0) is 30.5 Å². The van der Waals surface area contributed by atoms with Gasteiger partial charge in [-0.3, -0.25) is 9.59 Å². The number of nitrogens with zero attached hydrogens (tertiary/aromatic N) is 2. The quantitative estimate of drug-likeness (QED) is 0.835. The molecule has 0 aliphatic carbocycles. The van der Waals surface area contributed by atoms with Crippen LogP contribution in [0.4, 0.5) is 0 Å². The van der Waals surface area contributed by atoms with Crippen molar-refractivity contribution in [3.05, 3.63) is 66.1 Å². The van der Waals surface area contributed by atoms with Crippen molar-refractivity contribution in [3.63, 3.8) is 0 Å². The molecule has 2 saturated heterocycles. The Bertz CT molecular complexity index is 819. The Labute approximate surface area is 159 Å². The Morgan fingerprint density at radius 2 is 1.89 bits per heavy atom. The molecule has 2 aliphatic rings. The highest BCUT2D eigenvalue weighted by Crippen LogP contribution is 2.41. The van der Waals surface area contributed by atoms with Crippen molar-refractivity contribution < 1.29 is 14.0 Å². The second kappa shape index (κ2) is 7.43. The number of carbonyl (C=O) groups excluding carboxylic acids is 2. The molecular formula is C22H24N2O3. The van der Waals surface area contributed by atoms with Gasteiger partial charge in [0.25, 0.3) is 5.91 Å². The first-order valence-electron chi connectivity index (χ1n) is 9.47. The summed E-state index contributed by atoms with van der Waals surface area (Å²) in [5.74, 6) is 0.557. The van der Waals surface area contributed by atoms with Gasteiger partial charge in [0.05, 0.1) is 6.26 Å². The molecule has 1 spiro atoms. The van der Waals surface area contributed by atoms with Crippen molar-refractivity contribution in [1.29, 1.82) is 0 Å². The van der Waals surface area contributed by atoms with Crippen molar-refractivity contribution in [2.75, 3.05) is 26.2 Å². The molecule has 0 bridgehead atoms. The predicted octanol–water partition coefficient (Wildman–Crippen LogP) is 3.45. The maximum absolute atomic E-state index is 12.5. The van der Waals surface area contributed by atoms with Crippen LogP contribution in [-0.4, -0.2) is 47.8 Å². The van der Waals surface area contributed by atoms with Crippen LogP contribution in [0, 0.1) is 5.41 Å². The molecule has 0 radical (unpaired) electrons. The normalized spacial score (nSPS) is 19.3. The first-order valence-corrected chi connectivity index (χ1v) is 9.47. The average molecular weight is 364 g/mol. The summed E-state index contributed by atoms with van der Waals surface area (Å²) < 4.78 is 5.22. The van der Waals surface area contributed by atoms with Crippen LogP contribution in [0.5, 0.6) is 0 Å². The molecule has 0 unspecified atom stereocenters. The molecule has 2 aliphatic heterocycles. The van der Waals surface area contributed by atoms with E-state index in [1.807, 2.05) is 28.0 Å². The van der Waals surface area contributed by atoms with Crippen molar-refractivity contribution >= 4 is 17.9 Å². The van der Waals surface area contributed by atoms with Gasteiger partial charge >= 0.3 is 0 Å². The summed E-state index contributed by atoms with van der Waals surface area (Å²) in [6.45, 7) is 2.79. The largest absolute Gasteiger partial charge is 0.459 e. The van der Waals surface area contributed by atoms with E-state index < -0.39 is 0 Å². The van der Waals surface area contributed by atoms with Crippen LogP contribution in [-0.2, 0) is 4.79 Å². The molecule has 3 heterocycles. The van der Waals surface area contributed by atoms with Gasteiger partial charge in [0.1, 0.15) is 0 Å². The predicted molar refractivity (Wildman–Crippen MR) is 103 cm³/mol. The smallest absolute Gasteiger partial charge is 0.289 e. The van der Waals surface area contributed by atoms with Crippen molar-refractivity contribution in [2.45, 2.75) is 19.3 Å². The lowest BCUT2D eigenvalue weighted by atomic mass is 9.77. The van der Waals surface area contributed by atoms with E-state index in [9.17, 15) is 9.59 Å². The third-order valence-corrected chi connectivity index (χ3v) is 5.68. The van der Waals surface area contributed by atoms with Crippen LogP contribution < -0.4 is 0 Å². The summed E-state index contributed by atoms with van der Waals surface area (Å²) in [5.41, 5.74) is 1.15. The summed E-state index contributed by atoms with van der Waals surface area (Å²) in [6.07, 6.45) is 7.96. The maximum atomic E-state index is 12.5. The average Bonchev–Trinajstić information content (AvgIpc) is 3.32. The number of amides is 2. The lowest BCUT2D eigenvalue weighted by Gasteiger charge is -2.38. The van der Waals surface area contributed by atoms with E-state index in [0.717, 1.165) is 24.9 Å². The Hall–Kier alpha value is -2.82. The van der Waals surface area contributed by atoms with Gasteiger partial charge in [0, 0.05) is 38.0 Å². The zero-order valence-electron chi connectivity index (χ0n) is 15.3. The van der Waals surface area contributed by atoms with Gasteiger partial charge in [-0.15, -0.1) is 0 Å². The fraction of sp³-hybridized carbons (Fsp3) is 0.364. The summed E-state index contributed by atoms with van der Waals surface area (Å²) in [5, 5.41) is 0. The molecule has 27 heavy (non-hydrogen) atoms. The summed E-state index contributed by atoms with van der Waals surface area (Å²) in [4.78, 5) is 28.7. The van der Waals surface area contributed by atoms with Crippen molar-refractivity contribution in [1.82, 2.24) is 9.80 Å². The van der Waals surface area contributed by atoms with Crippen LogP contribution in [0.1, 0.15) is 35.4 Å². The highest BCUT2D eigenvalue weighted by atomic mass is 16.3. The molecule has 1 aromatic heterocycles. The molecule has 0 saturated carbocycles. The van der Waals surface area contributed by atoms with E-state index in [4.69, 9.17) is 4.42 Å². The fourth-order valence-electron chi connectivity index (χ4n) is 4.10. The van der Waals surface area contributed by atoms with Crippen molar-refractivity contribution in [3.8, 4) is 0 Å². The van der Waals surface area contributed by atoms with Gasteiger partial charge in [-0.2, -0.15) is 0 Å². The Balaban J connectivity index is 1.32. The van der Waals surface area contributed by atoms with E-state index in [0.29, 0.717) is 31.8 Å². The molecule has 5 heteroatoms. The molecule has 140 valence electrons. The highest BCUT2D eigenvalue weighted by Gasteiger charge is 2.45. The third kappa shape index (κ3) is 3.82. The number of hydrogen-bond donors (Lipinski definition) is 0. The lowest BCUT2D eigenvalue weighted by Crippen LogP contribution is -2.44. The number of carbonyl (C=O) groups is 2. The summed E-state index contributed by atoms with van der Waals surface area (Å²) in [7, 11) is 0. The monoisotopic (exact) mass is 364 g/mol. The highest BCUT2D eigenvalue weighted by molar-refractivity contribution is 5.91. The first-order chi connectivity index (χ1) is 13.2. The Kier molecular flexibility index (Phi) is 4.84. The molecule has 4 rings (SSSR count). The molecule has 2 amide bonds. The number of benzene rings is 1. The molecule has 2 aromatic rings. The number of furan rings is 1. The van der Waals surface area contributed by atoms with Gasteiger partial charge in [0.2, 0.25) is 5.91 Å². The fourth-order valence-corrected chi connectivity index (χ4v) is 4.10. The number of rotatable bonds is 4. The Morgan fingerprint density at radius 3 is 2.59 bits per heavy atom. The zero-order chi connectivity index (χ0) is 18.7. The molecule has 0 atom stereocenters. The number of piperidine rings is 1. The lowest BCUT2D eigenvalue weighted by molar-refractivity contribution is -0.127. The minimum atomic E-state index is -0.0539. The Morgan fingerprint density at radius 1 is 1.11 bits per heavy atom. The number of likely N-dealkylation sites (tertiary alicyclic amines) is 2. The van der Waals surface area contributed by atoms with Crippen LogP contribution >= 0.6 is 0 Å². The van der Waals surface area contributed by atoms with Crippen LogP contribution in [0.25, 0.3) is 6.08 Å². The second-order valence-electron chi connectivity index (χ2n) is 7.53. The standard InChI is InChI=1S/C22H24N2O3/c25-20-16-22(17-24(20)12-4-8-18-6-2-1-3-7-18)10-13-23(14-11-22)21(26)19-9-5-15-27-19/h1-9,15H,10-14,16-17H2/b8-4+. The van der Waals surface area contributed by atoms with Gasteiger partial charge in [0.15, 0.2) is 5.76 Å². The second-order valence-corrected chi connectivity index (χ2v) is 7.53. The maximum Gasteiger partial charge on any atom is 0.289 e. The van der Waals surface area contributed by atoms with Crippen molar-refractivity contribution in [2.24, 2.45) is 5.41 Å². The molecular weight excluding hydrogens is 340 g/mol. The topological polar surface area (TPSA) is 53.8 Å². The zero-order valence-corrected chi connectivity index (χ0v) is 15.3. The number of hydrogen-bond acceptors (Lipinski definition) is 3. The van der Waals surface area contributed by atoms with E-state index in [1.165, 1.54) is 6.26 Å². The van der Waals surface area contributed by atoms with Crippen LogP contribution in [0.2, 0.25) is 0 Å². The molecule has 5 nitrogen and oxygen atoms in total. The summed E-state index contributed by atoms with van der Waals surface area (Å²) in [6, 6.07) is 13.5. The third-order valence-electron chi connectivity index (χ3n) is 5.68. The van der Waals surface area contributed by atoms with Crippen LogP contribution in [0.3, 0.4) is 0 Å². The summed E-state index contributed by atoms with van der Waals surface area (Å²) >= 11 is 0. The minimum absolute atomic E-state index is 0.0115. The molecule has 1 aromatic carbocycles.